The molecule has 0 spiro atoms. The van der Waals surface area contributed by atoms with Gasteiger partial charge in [-0.25, -0.2) is 17.5 Å². The minimum absolute atomic E-state index is 0.182. The second kappa shape index (κ2) is 7.18. The highest BCUT2D eigenvalue weighted by Gasteiger charge is 2.17. The molecule has 0 radical (unpaired) electrons. The highest BCUT2D eigenvalue weighted by molar-refractivity contribution is 7.90. The van der Waals surface area contributed by atoms with Crippen molar-refractivity contribution in [1.29, 1.82) is 0 Å². The number of Topliss-reactive ketones (excluding diaryl/α,β-unsaturated/α-hetero) is 1. The highest BCUT2D eigenvalue weighted by Crippen LogP contribution is 2.12. The minimum atomic E-state index is -4.09. The molecular weight excluding hydrogens is 333 g/mol. The Kier molecular flexibility index (Phi) is 5.25. The topological polar surface area (TPSA) is 80.3 Å². The molecular formula is C17H14FNO4S. The molecule has 0 aliphatic heterocycles. The normalized spacial score (nSPS) is 11.4. The van der Waals surface area contributed by atoms with Gasteiger partial charge in [-0.2, -0.15) is 0 Å². The highest BCUT2D eigenvalue weighted by atomic mass is 32.2. The van der Waals surface area contributed by atoms with Crippen LogP contribution in [0.15, 0.2) is 59.5 Å². The van der Waals surface area contributed by atoms with E-state index in [2.05, 4.69) is 0 Å². The van der Waals surface area contributed by atoms with Crippen molar-refractivity contribution >= 4 is 27.8 Å². The van der Waals surface area contributed by atoms with Crippen LogP contribution in [0.2, 0.25) is 0 Å². The first-order valence-electron chi connectivity index (χ1n) is 6.89. The first-order chi connectivity index (χ1) is 11.3. The molecule has 0 saturated heterocycles. The van der Waals surface area contributed by atoms with Gasteiger partial charge < -0.3 is 0 Å². The summed E-state index contributed by atoms with van der Waals surface area (Å²) in [5, 5.41) is 0. The molecule has 0 aliphatic rings. The predicted octanol–water partition coefficient (Wildman–Crippen LogP) is 2.55. The van der Waals surface area contributed by atoms with Gasteiger partial charge in [0.2, 0.25) is 0 Å². The lowest BCUT2D eigenvalue weighted by Gasteiger charge is -2.06. The fraction of sp³-hybridized carbons (Fsp3) is 0.0588. The van der Waals surface area contributed by atoms with Crippen LogP contribution in [0.4, 0.5) is 4.39 Å². The van der Waals surface area contributed by atoms with Gasteiger partial charge in [0.25, 0.3) is 15.9 Å². The van der Waals surface area contributed by atoms with Gasteiger partial charge in [-0.1, -0.05) is 24.3 Å². The van der Waals surface area contributed by atoms with Crippen molar-refractivity contribution in [2.24, 2.45) is 0 Å². The lowest BCUT2D eigenvalue weighted by Crippen LogP contribution is -2.29. The van der Waals surface area contributed by atoms with Gasteiger partial charge in [0.15, 0.2) is 5.78 Å². The van der Waals surface area contributed by atoms with Gasteiger partial charge >= 0.3 is 0 Å². The van der Waals surface area contributed by atoms with Crippen LogP contribution in [0, 0.1) is 5.82 Å². The third kappa shape index (κ3) is 4.60. The smallest absolute Gasteiger partial charge is 0.264 e. The average molecular weight is 347 g/mol. The number of carbonyl (C=O) groups is 2. The number of rotatable bonds is 5. The van der Waals surface area contributed by atoms with Crippen molar-refractivity contribution in [2.75, 3.05) is 0 Å². The molecule has 0 atom stereocenters. The molecule has 1 amide bonds. The lowest BCUT2D eigenvalue weighted by molar-refractivity contribution is -0.114. The Hall–Kier alpha value is -2.80. The van der Waals surface area contributed by atoms with E-state index in [-0.39, 0.29) is 16.2 Å². The van der Waals surface area contributed by atoms with Gasteiger partial charge in [0.1, 0.15) is 5.82 Å². The molecule has 2 rings (SSSR count). The lowest BCUT2D eigenvalue weighted by atomic mass is 10.2. The van der Waals surface area contributed by atoms with Crippen molar-refractivity contribution < 1.29 is 22.4 Å². The molecule has 0 fully saturated rings. The SMILES string of the molecule is CC(=O)c1cccc(S(=O)(=O)NC(=O)/C=C/c2ccc(F)cc2)c1. The standard InChI is InChI=1S/C17H14FNO4S/c1-12(20)14-3-2-4-16(11-14)24(22,23)19-17(21)10-7-13-5-8-15(18)9-6-13/h2-11H,1H3,(H,19,21)/b10-7+. The number of benzene rings is 2. The van der Waals surface area contributed by atoms with Gasteiger partial charge in [0, 0.05) is 11.6 Å². The Morgan fingerprint density at radius 3 is 2.38 bits per heavy atom. The number of ketones is 1. The molecule has 2 aromatic carbocycles. The Balaban J connectivity index is 2.13. The Bertz CT molecular complexity index is 902. The van der Waals surface area contributed by atoms with Gasteiger partial charge in [-0.3, -0.25) is 9.59 Å². The van der Waals surface area contributed by atoms with E-state index in [1.165, 1.54) is 61.5 Å². The molecule has 5 nitrogen and oxygen atoms in total. The van der Waals surface area contributed by atoms with E-state index in [1.54, 1.807) is 0 Å². The van der Waals surface area contributed by atoms with E-state index >= 15 is 0 Å². The maximum Gasteiger partial charge on any atom is 0.264 e. The minimum Gasteiger partial charge on any atom is -0.295 e. The van der Waals surface area contributed by atoms with Crippen molar-refractivity contribution in [3.63, 3.8) is 0 Å². The zero-order valence-corrected chi connectivity index (χ0v) is 13.5. The van der Waals surface area contributed by atoms with Crippen molar-refractivity contribution in [3.05, 3.63) is 71.6 Å². The maximum atomic E-state index is 12.8. The number of carbonyl (C=O) groups excluding carboxylic acids is 2. The molecule has 0 aromatic heterocycles. The quantitative estimate of drug-likeness (QED) is 0.666. The third-order valence-corrected chi connectivity index (χ3v) is 4.43. The molecule has 1 N–H and O–H groups in total. The van der Waals surface area contributed by atoms with Crippen LogP contribution < -0.4 is 4.72 Å². The van der Waals surface area contributed by atoms with Crippen LogP contribution in [0.5, 0.6) is 0 Å². The average Bonchev–Trinajstić information content (AvgIpc) is 2.54. The molecule has 7 heteroatoms. The summed E-state index contributed by atoms with van der Waals surface area (Å²) in [5.41, 5.74) is 0.773. The summed E-state index contributed by atoms with van der Waals surface area (Å²) < 4.78 is 39.0. The van der Waals surface area contributed by atoms with Crippen LogP contribution in [-0.4, -0.2) is 20.1 Å². The van der Waals surface area contributed by atoms with E-state index in [9.17, 15) is 22.4 Å². The second-order valence-corrected chi connectivity index (χ2v) is 6.62. The van der Waals surface area contributed by atoms with Crippen LogP contribution in [0.1, 0.15) is 22.8 Å². The van der Waals surface area contributed by atoms with E-state index in [0.29, 0.717) is 5.56 Å². The van der Waals surface area contributed by atoms with Crippen LogP contribution in [0.25, 0.3) is 6.08 Å². The monoisotopic (exact) mass is 347 g/mol. The number of nitrogens with one attached hydrogen (secondary N) is 1. The van der Waals surface area contributed by atoms with Crippen molar-refractivity contribution in [1.82, 2.24) is 4.72 Å². The molecule has 2 aromatic rings. The van der Waals surface area contributed by atoms with E-state index in [4.69, 9.17) is 0 Å². The second-order valence-electron chi connectivity index (χ2n) is 4.94. The molecule has 0 aliphatic carbocycles. The summed E-state index contributed by atoms with van der Waals surface area (Å²) in [6.45, 7) is 1.32. The summed E-state index contributed by atoms with van der Waals surface area (Å²) in [4.78, 5) is 22.9. The summed E-state index contributed by atoms with van der Waals surface area (Å²) in [5.74, 6) is -1.55. The zero-order valence-electron chi connectivity index (χ0n) is 12.7. The molecule has 0 heterocycles. The first-order valence-corrected chi connectivity index (χ1v) is 8.38. The van der Waals surface area contributed by atoms with Gasteiger partial charge in [0.05, 0.1) is 4.90 Å². The maximum absolute atomic E-state index is 12.8. The van der Waals surface area contributed by atoms with E-state index in [0.717, 1.165) is 6.08 Å². The fourth-order valence-electron chi connectivity index (χ4n) is 1.85. The van der Waals surface area contributed by atoms with Gasteiger partial charge in [-0.15, -0.1) is 0 Å². The first kappa shape index (κ1) is 17.6. The number of hydrogen-bond donors (Lipinski definition) is 1. The number of amides is 1. The third-order valence-electron chi connectivity index (χ3n) is 3.08. The van der Waals surface area contributed by atoms with E-state index in [1.807, 2.05) is 4.72 Å². The van der Waals surface area contributed by atoms with E-state index < -0.39 is 21.7 Å². The number of hydrogen-bond acceptors (Lipinski definition) is 4. The van der Waals surface area contributed by atoms with Gasteiger partial charge in [-0.05, 0) is 42.8 Å². The van der Waals surface area contributed by atoms with Crippen LogP contribution in [0.3, 0.4) is 0 Å². The Labute approximate surface area is 138 Å². The molecule has 0 saturated carbocycles. The van der Waals surface area contributed by atoms with Crippen LogP contribution in [-0.2, 0) is 14.8 Å². The fourth-order valence-corrected chi connectivity index (χ4v) is 2.84. The molecule has 124 valence electrons. The Morgan fingerprint density at radius 1 is 1.08 bits per heavy atom. The summed E-state index contributed by atoms with van der Waals surface area (Å²) in [6.07, 6.45) is 2.38. The molecule has 0 bridgehead atoms. The van der Waals surface area contributed by atoms with Crippen LogP contribution >= 0.6 is 0 Å². The van der Waals surface area contributed by atoms with Crippen molar-refractivity contribution in [2.45, 2.75) is 11.8 Å². The summed E-state index contributed by atoms with van der Waals surface area (Å²) in [6, 6.07) is 10.7. The Morgan fingerprint density at radius 2 is 1.75 bits per heavy atom. The number of halogens is 1. The summed E-state index contributed by atoms with van der Waals surface area (Å²) in [7, 11) is -4.09. The van der Waals surface area contributed by atoms with Crippen molar-refractivity contribution in [3.8, 4) is 0 Å². The number of sulfonamides is 1. The largest absolute Gasteiger partial charge is 0.295 e. The molecule has 24 heavy (non-hydrogen) atoms. The summed E-state index contributed by atoms with van der Waals surface area (Å²) >= 11 is 0. The molecule has 0 unspecified atom stereocenters. The predicted molar refractivity (Wildman–Crippen MR) is 87.2 cm³/mol. The zero-order chi connectivity index (χ0) is 17.7.